The lowest BCUT2D eigenvalue weighted by atomic mass is 10.2. The molecule has 0 bridgehead atoms. The number of hydrogen-bond donors (Lipinski definition) is 2. The summed E-state index contributed by atoms with van der Waals surface area (Å²) in [5, 5.41) is 0. The van der Waals surface area contributed by atoms with Crippen LogP contribution in [0.2, 0.25) is 0 Å². The molecule has 1 amide bonds. The van der Waals surface area contributed by atoms with Gasteiger partial charge in [0, 0.05) is 0 Å². The van der Waals surface area contributed by atoms with E-state index in [1.807, 2.05) is 20.8 Å². The van der Waals surface area contributed by atoms with Crippen LogP contribution in [0.1, 0.15) is 31.3 Å². The first kappa shape index (κ1) is 11.5. The molecule has 0 aliphatic carbocycles. The fourth-order valence-corrected chi connectivity index (χ4v) is 0.791. The summed E-state index contributed by atoms with van der Waals surface area (Å²) in [6.45, 7) is 5.51. The summed E-state index contributed by atoms with van der Waals surface area (Å²) in [6.07, 6.45) is 1.42. The third-order valence-electron chi connectivity index (χ3n) is 1.47. The lowest BCUT2D eigenvalue weighted by Gasteiger charge is -2.18. The Hall–Kier alpha value is -1.62. The van der Waals surface area contributed by atoms with Gasteiger partial charge in [-0.1, -0.05) is 0 Å². The molecule has 0 spiro atoms. The van der Waals surface area contributed by atoms with Gasteiger partial charge in [-0.05, 0) is 32.9 Å². The van der Waals surface area contributed by atoms with Crippen LogP contribution in [0.15, 0.2) is 18.3 Å². The zero-order valence-electron chi connectivity index (χ0n) is 9.07. The Morgan fingerprint density at radius 2 is 2.13 bits per heavy atom. The SMILES string of the molecule is CC(C)(C)ONC(=O)c1ccc(N)cn1. The van der Waals surface area contributed by atoms with Gasteiger partial charge in [0.1, 0.15) is 5.69 Å². The number of nitrogens with one attached hydrogen (secondary N) is 1. The zero-order chi connectivity index (χ0) is 11.5. The van der Waals surface area contributed by atoms with E-state index in [-0.39, 0.29) is 11.6 Å². The van der Waals surface area contributed by atoms with Gasteiger partial charge >= 0.3 is 0 Å². The highest BCUT2D eigenvalue weighted by molar-refractivity contribution is 5.91. The number of aromatic nitrogens is 1. The molecule has 0 saturated carbocycles. The summed E-state index contributed by atoms with van der Waals surface area (Å²) in [7, 11) is 0. The second-order valence-corrected chi connectivity index (χ2v) is 4.12. The van der Waals surface area contributed by atoms with Crippen LogP contribution in [-0.2, 0) is 4.84 Å². The summed E-state index contributed by atoms with van der Waals surface area (Å²) >= 11 is 0. The van der Waals surface area contributed by atoms with E-state index >= 15 is 0 Å². The van der Waals surface area contributed by atoms with E-state index in [2.05, 4.69) is 10.5 Å². The first-order valence-corrected chi connectivity index (χ1v) is 4.58. The molecule has 1 aromatic heterocycles. The molecular formula is C10H15N3O2. The van der Waals surface area contributed by atoms with Gasteiger partial charge in [-0.25, -0.2) is 10.5 Å². The number of nitrogens with zero attached hydrogens (tertiary/aromatic N) is 1. The average molecular weight is 209 g/mol. The van der Waals surface area contributed by atoms with Gasteiger partial charge in [-0.2, -0.15) is 0 Å². The molecule has 0 atom stereocenters. The van der Waals surface area contributed by atoms with E-state index in [0.717, 1.165) is 0 Å². The number of carbonyl (C=O) groups is 1. The number of anilines is 1. The molecule has 0 aliphatic heterocycles. The van der Waals surface area contributed by atoms with E-state index in [0.29, 0.717) is 5.69 Å². The number of hydroxylamine groups is 1. The standard InChI is InChI=1S/C10H15N3O2/c1-10(2,3)15-13-9(14)8-5-4-7(11)6-12-8/h4-6H,11H2,1-3H3,(H,13,14). The van der Waals surface area contributed by atoms with Crippen LogP contribution < -0.4 is 11.2 Å². The highest BCUT2D eigenvalue weighted by Gasteiger charge is 2.14. The molecule has 0 radical (unpaired) electrons. The minimum absolute atomic E-state index is 0.272. The van der Waals surface area contributed by atoms with Gasteiger partial charge in [0.15, 0.2) is 0 Å². The van der Waals surface area contributed by atoms with E-state index in [9.17, 15) is 4.79 Å². The van der Waals surface area contributed by atoms with Gasteiger partial charge in [0.2, 0.25) is 0 Å². The van der Waals surface area contributed by atoms with Crippen molar-refractivity contribution in [3.8, 4) is 0 Å². The lowest BCUT2D eigenvalue weighted by Crippen LogP contribution is -2.33. The molecule has 1 rings (SSSR count). The molecule has 0 aromatic carbocycles. The van der Waals surface area contributed by atoms with Crippen LogP contribution in [0.4, 0.5) is 5.69 Å². The third kappa shape index (κ3) is 3.95. The zero-order valence-corrected chi connectivity index (χ0v) is 9.07. The Labute approximate surface area is 88.6 Å². The normalized spacial score (nSPS) is 11.1. The number of nitrogen functional groups attached to an aromatic ring is 1. The van der Waals surface area contributed by atoms with Crippen molar-refractivity contribution in [1.29, 1.82) is 0 Å². The smallest absolute Gasteiger partial charge is 0.293 e. The van der Waals surface area contributed by atoms with E-state index in [4.69, 9.17) is 10.6 Å². The van der Waals surface area contributed by atoms with Crippen molar-refractivity contribution in [2.45, 2.75) is 26.4 Å². The minimum Gasteiger partial charge on any atom is -0.397 e. The largest absolute Gasteiger partial charge is 0.397 e. The lowest BCUT2D eigenvalue weighted by molar-refractivity contribution is -0.0591. The number of nitrogens with two attached hydrogens (primary N) is 1. The Morgan fingerprint density at radius 1 is 1.47 bits per heavy atom. The molecule has 5 nitrogen and oxygen atoms in total. The first-order chi connectivity index (χ1) is 6.88. The van der Waals surface area contributed by atoms with Gasteiger partial charge in [-0.15, -0.1) is 0 Å². The van der Waals surface area contributed by atoms with E-state index in [1.165, 1.54) is 12.3 Å². The van der Waals surface area contributed by atoms with Crippen LogP contribution in [-0.4, -0.2) is 16.5 Å². The van der Waals surface area contributed by atoms with Crippen molar-refractivity contribution < 1.29 is 9.63 Å². The quantitative estimate of drug-likeness (QED) is 0.715. The maximum atomic E-state index is 11.5. The van der Waals surface area contributed by atoms with Gasteiger partial charge < -0.3 is 5.73 Å². The van der Waals surface area contributed by atoms with E-state index < -0.39 is 5.60 Å². The Balaban J connectivity index is 2.58. The monoisotopic (exact) mass is 209 g/mol. The number of pyridine rings is 1. The fraction of sp³-hybridized carbons (Fsp3) is 0.400. The van der Waals surface area contributed by atoms with Crippen molar-refractivity contribution in [3.05, 3.63) is 24.0 Å². The number of rotatable bonds is 2. The molecule has 0 unspecified atom stereocenters. The molecule has 15 heavy (non-hydrogen) atoms. The minimum atomic E-state index is -0.427. The first-order valence-electron chi connectivity index (χ1n) is 4.58. The summed E-state index contributed by atoms with van der Waals surface area (Å²) in [5.74, 6) is -0.384. The van der Waals surface area contributed by atoms with Crippen LogP contribution >= 0.6 is 0 Å². The molecule has 5 heteroatoms. The molecule has 3 N–H and O–H groups in total. The Kier molecular flexibility index (Phi) is 3.26. The highest BCUT2D eigenvalue weighted by atomic mass is 16.7. The van der Waals surface area contributed by atoms with Crippen LogP contribution in [0.25, 0.3) is 0 Å². The molecule has 1 heterocycles. The molecule has 1 aromatic rings. The van der Waals surface area contributed by atoms with Crippen molar-refractivity contribution in [2.75, 3.05) is 5.73 Å². The van der Waals surface area contributed by atoms with E-state index in [1.54, 1.807) is 6.07 Å². The number of amides is 1. The summed E-state index contributed by atoms with van der Waals surface area (Å²) in [5.41, 5.74) is 8.12. The predicted octanol–water partition coefficient (Wildman–Crippen LogP) is 1.12. The highest BCUT2D eigenvalue weighted by Crippen LogP contribution is 2.05. The molecule has 0 fully saturated rings. The second kappa shape index (κ2) is 4.27. The molecular weight excluding hydrogens is 194 g/mol. The van der Waals surface area contributed by atoms with Gasteiger partial charge in [0.05, 0.1) is 17.5 Å². The van der Waals surface area contributed by atoms with Crippen LogP contribution in [0.3, 0.4) is 0 Å². The van der Waals surface area contributed by atoms with Crippen molar-refractivity contribution in [1.82, 2.24) is 10.5 Å². The average Bonchev–Trinajstić information content (AvgIpc) is 2.14. The van der Waals surface area contributed by atoms with Crippen molar-refractivity contribution >= 4 is 11.6 Å². The van der Waals surface area contributed by atoms with Crippen molar-refractivity contribution in [3.63, 3.8) is 0 Å². The maximum absolute atomic E-state index is 11.5. The fourth-order valence-electron chi connectivity index (χ4n) is 0.791. The summed E-state index contributed by atoms with van der Waals surface area (Å²) in [4.78, 5) is 20.4. The van der Waals surface area contributed by atoms with Gasteiger partial charge in [0.25, 0.3) is 5.91 Å². The summed E-state index contributed by atoms with van der Waals surface area (Å²) < 4.78 is 0. The van der Waals surface area contributed by atoms with Crippen LogP contribution in [0.5, 0.6) is 0 Å². The van der Waals surface area contributed by atoms with Crippen LogP contribution in [0, 0.1) is 0 Å². The third-order valence-corrected chi connectivity index (χ3v) is 1.47. The predicted molar refractivity (Wildman–Crippen MR) is 57.0 cm³/mol. The molecule has 0 saturated heterocycles. The Bertz CT molecular complexity index is 341. The Morgan fingerprint density at radius 3 is 2.60 bits per heavy atom. The number of carbonyl (C=O) groups excluding carboxylic acids is 1. The van der Waals surface area contributed by atoms with Gasteiger partial charge in [-0.3, -0.25) is 9.63 Å². The maximum Gasteiger partial charge on any atom is 0.293 e. The summed E-state index contributed by atoms with van der Waals surface area (Å²) in [6, 6.07) is 3.15. The molecule has 82 valence electrons. The topological polar surface area (TPSA) is 77.2 Å². The van der Waals surface area contributed by atoms with Crippen molar-refractivity contribution in [2.24, 2.45) is 0 Å². The molecule has 0 aliphatic rings. The number of hydrogen-bond acceptors (Lipinski definition) is 4. The second-order valence-electron chi connectivity index (χ2n) is 4.12.